The normalized spacial score (nSPS) is 11.5. The van der Waals surface area contributed by atoms with Gasteiger partial charge in [0.1, 0.15) is 5.75 Å². The quantitative estimate of drug-likeness (QED) is 0.788. The Morgan fingerprint density at radius 3 is 2.36 bits per heavy atom. The molecule has 2 N–H and O–H groups in total. The van der Waals surface area contributed by atoms with Crippen molar-refractivity contribution < 1.29 is 14.3 Å². The molecule has 0 bridgehead atoms. The third-order valence-corrected chi connectivity index (χ3v) is 3.94. The van der Waals surface area contributed by atoms with E-state index in [1.165, 1.54) is 0 Å². The molecular formula is C20H24N2O3. The molecule has 132 valence electrons. The van der Waals surface area contributed by atoms with Crippen molar-refractivity contribution in [2.45, 2.75) is 26.7 Å². The van der Waals surface area contributed by atoms with Gasteiger partial charge in [0.2, 0.25) is 5.91 Å². The maximum atomic E-state index is 12.4. The molecule has 0 aliphatic rings. The second kappa shape index (κ2) is 8.87. The van der Waals surface area contributed by atoms with E-state index in [1.807, 2.05) is 19.1 Å². The number of rotatable bonds is 7. The summed E-state index contributed by atoms with van der Waals surface area (Å²) < 4.78 is 5.22. The summed E-state index contributed by atoms with van der Waals surface area (Å²) in [6.45, 7) is 3.97. The van der Waals surface area contributed by atoms with E-state index in [9.17, 15) is 9.59 Å². The number of ether oxygens (including phenoxy) is 1. The average molecular weight is 340 g/mol. The first kappa shape index (κ1) is 18.5. The van der Waals surface area contributed by atoms with Gasteiger partial charge in [0.15, 0.2) is 0 Å². The molecule has 2 amide bonds. The van der Waals surface area contributed by atoms with E-state index in [0.717, 1.165) is 12.8 Å². The summed E-state index contributed by atoms with van der Waals surface area (Å²) in [5.41, 5.74) is 1.80. The summed E-state index contributed by atoms with van der Waals surface area (Å²) in [6, 6.07) is 14.1. The fraction of sp³-hybridized carbons (Fsp3) is 0.300. The van der Waals surface area contributed by atoms with Crippen molar-refractivity contribution in [2.75, 3.05) is 17.7 Å². The monoisotopic (exact) mass is 340 g/mol. The van der Waals surface area contributed by atoms with E-state index in [1.54, 1.807) is 43.5 Å². The highest BCUT2D eigenvalue weighted by Crippen LogP contribution is 2.24. The molecule has 0 aliphatic heterocycles. The van der Waals surface area contributed by atoms with Crippen molar-refractivity contribution in [2.24, 2.45) is 5.92 Å². The van der Waals surface area contributed by atoms with Crippen LogP contribution in [0, 0.1) is 5.92 Å². The number of hydrogen-bond donors (Lipinski definition) is 2. The predicted molar refractivity (Wildman–Crippen MR) is 100 cm³/mol. The van der Waals surface area contributed by atoms with E-state index >= 15 is 0 Å². The molecule has 0 spiro atoms. The van der Waals surface area contributed by atoms with Crippen LogP contribution < -0.4 is 15.4 Å². The highest BCUT2D eigenvalue weighted by atomic mass is 16.5. The van der Waals surface area contributed by atoms with Crippen molar-refractivity contribution in [1.82, 2.24) is 0 Å². The lowest BCUT2D eigenvalue weighted by molar-refractivity contribution is -0.119. The molecule has 0 saturated carbocycles. The van der Waals surface area contributed by atoms with Crippen molar-refractivity contribution in [3.8, 4) is 5.75 Å². The van der Waals surface area contributed by atoms with E-state index in [4.69, 9.17) is 4.74 Å². The molecule has 0 aromatic heterocycles. The maximum Gasteiger partial charge on any atom is 0.255 e. The number of para-hydroxylation sites is 2. The van der Waals surface area contributed by atoms with E-state index in [2.05, 4.69) is 17.6 Å². The predicted octanol–water partition coefficient (Wildman–Crippen LogP) is 4.32. The van der Waals surface area contributed by atoms with Crippen LogP contribution >= 0.6 is 0 Å². The number of amides is 2. The number of anilines is 2. The first-order chi connectivity index (χ1) is 12.0. The van der Waals surface area contributed by atoms with Gasteiger partial charge in [-0.2, -0.15) is 0 Å². The Balaban J connectivity index is 2.01. The first-order valence-corrected chi connectivity index (χ1v) is 8.40. The Morgan fingerprint density at radius 1 is 1.04 bits per heavy atom. The summed E-state index contributed by atoms with van der Waals surface area (Å²) in [6.07, 6.45) is 1.82. The van der Waals surface area contributed by atoms with Gasteiger partial charge in [-0.3, -0.25) is 9.59 Å². The van der Waals surface area contributed by atoms with Crippen molar-refractivity contribution in [1.29, 1.82) is 0 Å². The molecule has 2 aromatic carbocycles. The fourth-order valence-corrected chi connectivity index (χ4v) is 2.48. The number of hydrogen-bond acceptors (Lipinski definition) is 3. The molecule has 25 heavy (non-hydrogen) atoms. The van der Waals surface area contributed by atoms with Gasteiger partial charge in [0.25, 0.3) is 5.91 Å². The molecule has 5 heteroatoms. The number of methoxy groups -OCH3 is 1. The third kappa shape index (κ3) is 5.08. The number of carbonyl (C=O) groups is 2. The standard InChI is InChI=1S/C20H24N2O3/c1-4-7-14(2)19(23)21-16-12-10-15(11-13-16)20(24)22-17-8-5-6-9-18(17)25-3/h5-6,8-14H,4,7H2,1-3H3,(H,21,23)(H,22,24). The van der Waals surface area contributed by atoms with E-state index in [0.29, 0.717) is 22.7 Å². The van der Waals surface area contributed by atoms with Crippen LogP contribution in [0.25, 0.3) is 0 Å². The Labute approximate surface area is 148 Å². The number of carbonyl (C=O) groups excluding carboxylic acids is 2. The Morgan fingerprint density at radius 2 is 1.72 bits per heavy atom. The van der Waals surface area contributed by atoms with Gasteiger partial charge in [0, 0.05) is 17.2 Å². The highest BCUT2D eigenvalue weighted by Gasteiger charge is 2.13. The molecule has 2 rings (SSSR count). The smallest absolute Gasteiger partial charge is 0.255 e. The van der Waals surface area contributed by atoms with E-state index < -0.39 is 0 Å². The van der Waals surface area contributed by atoms with Crippen molar-refractivity contribution in [3.05, 3.63) is 54.1 Å². The largest absolute Gasteiger partial charge is 0.495 e. The molecular weight excluding hydrogens is 316 g/mol. The van der Waals surface area contributed by atoms with Gasteiger partial charge in [-0.25, -0.2) is 0 Å². The highest BCUT2D eigenvalue weighted by molar-refractivity contribution is 6.05. The second-order valence-electron chi connectivity index (χ2n) is 5.91. The zero-order chi connectivity index (χ0) is 18.2. The third-order valence-electron chi connectivity index (χ3n) is 3.94. The van der Waals surface area contributed by atoms with Crippen molar-refractivity contribution >= 4 is 23.2 Å². The lowest BCUT2D eigenvalue weighted by Crippen LogP contribution is -2.20. The summed E-state index contributed by atoms with van der Waals surface area (Å²) >= 11 is 0. The first-order valence-electron chi connectivity index (χ1n) is 8.40. The van der Waals surface area contributed by atoms with Gasteiger partial charge in [-0.15, -0.1) is 0 Å². The SMILES string of the molecule is CCCC(C)C(=O)Nc1ccc(C(=O)Nc2ccccc2OC)cc1. The van der Waals surface area contributed by atoms with Crippen LogP contribution in [-0.2, 0) is 4.79 Å². The zero-order valence-corrected chi connectivity index (χ0v) is 14.8. The minimum absolute atomic E-state index is 0.00641. The van der Waals surface area contributed by atoms with Gasteiger partial charge in [0.05, 0.1) is 12.8 Å². The molecule has 2 aromatic rings. The minimum atomic E-state index is -0.235. The van der Waals surface area contributed by atoms with Crippen LogP contribution in [0.2, 0.25) is 0 Å². The van der Waals surface area contributed by atoms with Crippen LogP contribution in [0.4, 0.5) is 11.4 Å². The molecule has 1 unspecified atom stereocenters. The fourth-order valence-electron chi connectivity index (χ4n) is 2.48. The van der Waals surface area contributed by atoms with Gasteiger partial charge in [-0.05, 0) is 42.8 Å². The Hall–Kier alpha value is -2.82. The second-order valence-corrected chi connectivity index (χ2v) is 5.91. The van der Waals surface area contributed by atoms with Crippen LogP contribution in [0.3, 0.4) is 0 Å². The topological polar surface area (TPSA) is 67.4 Å². The lowest BCUT2D eigenvalue weighted by Gasteiger charge is -2.12. The molecule has 0 heterocycles. The van der Waals surface area contributed by atoms with Crippen LogP contribution in [0.15, 0.2) is 48.5 Å². The summed E-state index contributed by atoms with van der Waals surface area (Å²) in [7, 11) is 1.56. The molecule has 0 radical (unpaired) electrons. The minimum Gasteiger partial charge on any atom is -0.495 e. The van der Waals surface area contributed by atoms with Gasteiger partial charge in [-0.1, -0.05) is 32.4 Å². The zero-order valence-electron chi connectivity index (χ0n) is 14.8. The molecule has 1 atom stereocenters. The Kier molecular flexibility index (Phi) is 6.57. The average Bonchev–Trinajstić information content (AvgIpc) is 2.63. The lowest BCUT2D eigenvalue weighted by atomic mass is 10.1. The van der Waals surface area contributed by atoms with Gasteiger partial charge >= 0.3 is 0 Å². The van der Waals surface area contributed by atoms with Gasteiger partial charge < -0.3 is 15.4 Å². The maximum absolute atomic E-state index is 12.4. The van der Waals surface area contributed by atoms with E-state index in [-0.39, 0.29) is 17.7 Å². The van der Waals surface area contributed by atoms with Crippen LogP contribution in [-0.4, -0.2) is 18.9 Å². The Bertz CT molecular complexity index is 726. The molecule has 0 saturated heterocycles. The number of nitrogens with one attached hydrogen (secondary N) is 2. The van der Waals surface area contributed by atoms with Crippen molar-refractivity contribution in [3.63, 3.8) is 0 Å². The summed E-state index contributed by atoms with van der Waals surface area (Å²) in [4.78, 5) is 24.4. The molecule has 0 fully saturated rings. The van der Waals surface area contributed by atoms with Crippen LogP contribution in [0.1, 0.15) is 37.0 Å². The summed E-state index contributed by atoms with van der Waals surface area (Å²) in [5, 5.41) is 5.69. The van der Waals surface area contributed by atoms with Crippen LogP contribution in [0.5, 0.6) is 5.75 Å². The number of benzene rings is 2. The molecule has 5 nitrogen and oxygen atoms in total. The molecule has 0 aliphatic carbocycles. The summed E-state index contributed by atoms with van der Waals surface area (Å²) in [5.74, 6) is 0.331.